The van der Waals surface area contributed by atoms with Crippen LogP contribution in [0.5, 0.6) is 0 Å². The van der Waals surface area contributed by atoms with Crippen LogP contribution in [-0.2, 0) is 4.79 Å². The number of amides is 1. The lowest BCUT2D eigenvalue weighted by Gasteiger charge is -2.07. The first kappa shape index (κ1) is 18.7. The summed E-state index contributed by atoms with van der Waals surface area (Å²) in [6.07, 6.45) is 9.20. The molecular formula is C17H23ClN2OS. The Balaban J connectivity index is 2.21. The lowest BCUT2D eigenvalue weighted by Crippen LogP contribution is -2.38. The number of hydrogen-bond donors (Lipinski definition) is 2. The SMILES string of the molecule is CCCCCCCNC(=S)NC(=O)/C=C/c1ccc(Cl)cc1. The van der Waals surface area contributed by atoms with Gasteiger partial charge in [0.15, 0.2) is 5.11 Å². The molecule has 0 radical (unpaired) electrons. The molecule has 1 rings (SSSR count). The largest absolute Gasteiger partial charge is 0.362 e. The third-order valence-electron chi connectivity index (χ3n) is 3.10. The van der Waals surface area contributed by atoms with E-state index < -0.39 is 0 Å². The van der Waals surface area contributed by atoms with Gasteiger partial charge in [-0.3, -0.25) is 10.1 Å². The van der Waals surface area contributed by atoms with Gasteiger partial charge in [-0.15, -0.1) is 0 Å². The van der Waals surface area contributed by atoms with Crippen molar-refractivity contribution in [1.29, 1.82) is 0 Å². The minimum absolute atomic E-state index is 0.238. The quantitative estimate of drug-likeness (QED) is 0.421. The van der Waals surface area contributed by atoms with Gasteiger partial charge in [-0.05, 0) is 42.4 Å². The van der Waals surface area contributed by atoms with Crippen molar-refractivity contribution in [1.82, 2.24) is 10.6 Å². The van der Waals surface area contributed by atoms with E-state index in [9.17, 15) is 4.79 Å². The second kappa shape index (κ2) is 11.2. The van der Waals surface area contributed by atoms with Crippen LogP contribution in [0.2, 0.25) is 5.02 Å². The third-order valence-corrected chi connectivity index (χ3v) is 3.60. The van der Waals surface area contributed by atoms with Crippen molar-refractivity contribution in [3.8, 4) is 0 Å². The molecule has 2 N–H and O–H groups in total. The lowest BCUT2D eigenvalue weighted by molar-refractivity contribution is -0.115. The molecule has 1 amide bonds. The summed E-state index contributed by atoms with van der Waals surface area (Å²) in [6, 6.07) is 7.26. The molecule has 1 aromatic rings. The number of thiocarbonyl (C=S) groups is 1. The average molecular weight is 339 g/mol. The number of unbranched alkanes of at least 4 members (excludes halogenated alkanes) is 4. The van der Waals surface area contributed by atoms with Gasteiger partial charge in [-0.25, -0.2) is 0 Å². The summed E-state index contributed by atoms with van der Waals surface area (Å²) in [5, 5.41) is 6.72. The van der Waals surface area contributed by atoms with Crippen LogP contribution in [0.3, 0.4) is 0 Å². The Morgan fingerprint density at radius 2 is 1.86 bits per heavy atom. The molecule has 0 saturated carbocycles. The minimum atomic E-state index is -0.238. The Hall–Kier alpha value is -1.39. The zero-order valence-electron chi connectivity index (χ0n) is 12.9. The van der Waals surface area contributed by atoms with Crippen molar-refractivity contribution in [3.63, 3.8) is 0 Å². The number of halogens is 1. The van der Waals surface area contributed by atoms with Crippen LogP contribution in [0.15, 0.2) is 30.3 Å². The highest BCUT2D eigenvalue weighted by Gasteiger charge is 2.00. The van der Waals surface area contributed by atoms with E-state index >= 15 is 0 Å². The second-order valence-electron chi connectivity index (χ2n) is 5.04. The van der Waals surface area contributed by atoms with Crippen molar-refractivity contribution in [2.45, 2.75) is 39.0 Å². The summed E-state index contributed by atoms with van der Waals surface area (Å²) >= 11 is 10.9. The summed E-state index contributed by atoms with van der Waals surface area (Å²) in [6.45, 7) is 2.99. The Morgan fingerprint density at radius 1 is 1.18 bits per heavy atom. The van der Waals surface area contributed by atoms with Crippen molar-refractivity contribution in [2.75, 3.05) is 6.54 Å². The highest BCUT2D eigenvalue weighted by Crippen LogP contribution is 2.10. The number of nitrogens with one attached hydrogen (secondary N) is 2. The van der Waals surface area contributed by atoms with Crippen LogP contribution in [-0.4, -0.2) is 17.6 Å². The van der Waals surface area contributed by atoms with Gasteiger partial charge < -0.3 is 5.32 Å². The molecule has 0 aliphatic rings. The van der Waals surface area contributed by atoms with Gasteiger partial charge in [-0.1, -0.05) is 56.3 Å². The van der Waals surface area contributed by atoms with E-state index in [-0.39, 0.29) is 5.91 Å². The first-order valence-corrected chi connectivity index (χ1v) is 8.43. The van der Waals surface area contributed by atoms with Crippen LogP contribution in [0, 0.1) is 0 Å². The van der Waals surface area contributed by atoms with Gasteiger partial charge in [0, 0.05) is 17.6 Å². The summed E-state index contributed by atoms with van der Waals surface area (Å²) in [4.78, 5) is 11.7. The molecule has 0 aliphatic heterocycles. The monoisotopic (exact) mass is 338 g/mol. The standard InChI is InChI=1S/C17H23ClN2OS/c1-2-3-4-5-6-13-19-17(22)20-16(21)12-9-14-7-10-15(18)11-8-14/h7-12H,2-6,13H2,1H3,(H2,19,20,21,22)/b12-9+. The van der Waals surface area contributed by atoms with Gasteiger partial charge in [0.25, 0.3) is 0 Å². The van der Waals surface area contributed by atoms with Crippen LogP contribution in [0.25, 0.3) is 6.08 Å². The number of carbonyl (C=O) groups excluding carboxylic acids is 1. The highest BCUT2D eigenvalue weighted by atomic mass is 35.5. The predicted octanol–water partition coefficient (Wildman–Crippen LogP) is 4.31. The Bertz CT molecular complexity index is 500. The van der Waals surface area contributed by atoms with Crippen LogP contribution in [0.1, 0.15) is 44.6 Å². The summed E-state index contributed by atoms with van der Waals surface area (Å²) in [7, 11) is 0. The number of hydrogen-bond acceptors (Lipinski definition) is 2. The van der Waals surface area contributed by atoms with Gasteiger partial charge in [0.1, 0.15) is 0 Å². The zero-order valence-corrected chi connectivity index (χ0v) is 14.5. The normalized spacial score (nSPS) is 10.6. The molecule has 3 nitrogen and oxygen atoms in total. The van der Waals surface area contributed by atoms with Crippen LogP contribution < -0.4 is 10.6 Å². The summed E-state index contributed by atoms with van der Waals surface area (Å²) < 4.78 is 0. The van der Waals surface area contributed by atoms with Crippen LogP contribution >= 0.6 is 23.8 Å². The number of benzene rings is 1. The first-order chi connectivity index (χ1) is 10.6. The molecule has 1 aromatic carbocycles. The Morgan fingerprint density at radius 3 is 2.55 bits per heavy atom. The van der Waals surface area contributed by atoms with Crippen molar-refractivity contribution in [3.05, 3.63) is 40.9 Å². The average Bonchev–Trinajstić information content (AvgIpc) is 2.50. The maximum Gasteiger partial charge on any atom is 0.250 e. The maximum absolute atomic E-state index is 11.7. The fourth-order valence-electron chi connectivity index (χ4n) is 1.87. The lowest BCUT2D eigenvalue weighted by atomic mass is 10.1. The molecule has 0 fully saturated rings. The van der Waals surface area contributed by atoms with Gasteiger partial charge >= 0.3 is 0 Å². The molecule has 0 atom stereocenters. The van der Waals surface area contributed by atoms with Gasteiger partial charge in [-0.2, -0.15) is 0 Å². The maximum atomic E-state index is 11.7. The molecule has 0 aliphatic carbocycles. The summed E-state index contributed by atoms with van der Waals surface area (Å²) in [5.41, 5.74) is 0.911. The van der Waals surface area contributed by atoms with E-state index in [2.05, 4.69) is 17.6 Å². The molecular weight excluding hydrogens is 316 g/mol. The molecule has 0 saturated heterocycles. The third kappa shape index (κ3) is 8.80. The highest BCUT2D eigenvalue weighted by molar-refractivity contribution is 7.80. The fourth-order valence-corrected chi connectivity index (χ4v) is 2.20. The Labute approximate surface area is 143 Å². The van der Waals surface area contributed by atoms with E-state index in [1.807, 2.05) is 12.1 Å². The van der Waals surface area contributed by atoms with E-state index in [0.717, 1.165) is 18.5 Å². The van der Waals surface area contributed by atoms with Gasteiger partial charge in [0.2, 0.25) is 5.91 Å². The number of rotatable bonds is 8. The molecule has 0 spiro atoms. The molecule has 0 heterocycles. The second-order valence-corrected chi connectivity index (χ2v) is 5.89. The molecule has 0 unspecified atom stereocenters. The topological polar surface area (TPSA) is 41.1 Å². The molecule has 22 heavy (non-hydrogen) atoms. The first-order valence-electron chi connectivity index (χ1n) is 7.64. The fraction of sp³-hybridized carbons (Fsp3) is 0.412. The van der Waals surface area contributed by atoms with Gasteiger partial charge in [0.05, 0.1) is 0 Å². The van der Waals surface area contributed by atoms with Crippen LogP contribution in [0.4, 0.5) is 0 Å². The summed E-state index contributed by atoms with van der Waals surface area (Å²) in [5.74, 6) is -0.238. The minimum Gasteiger partial charge on any atom is -0.362 e. The van der Waals surface area contributed by atoms with E-state index in [1.165, 1.54) is 31.8 Å². The molecule has 0 bridgehead atoms. The zero-order chi connectivity index (χ0) is 16.2. The van der Waals surface area contributed by atoms with E-state index in [4.69, 9.17) is 23.8 Å². The molecule has 120 valence electrons. The predicted molar refractivity (Wildman–Crippen MR) is 98.0 cm³/mol. The Kier molecular flexibility index (Phi) is 9.51. The molecule has 5 heteroatoms. The van der Waals surface area contributed by atoms with Crippen molar-refractivity contribution < 1.29 is 4.79 Å². The van der Waals surface area contributed by atoms with Crippen molar-refractivity contribution in [2.24, 2.45) is 0 Å². The number of carbonyl (C=O) groups is 1. The smallest absolute Gasteiger partial charge is 0.250 e. The van der Waals surface area contributed by atoms with E-state index in [0.29, 0.717) is 10.1 Å². The molecule has 0 aromatic heterocycles. The van der Waals surface area contributed by atoms with Crippen molar-refractivity contribution >= 4 is 40.9 Å². The van der Waals surface area contributed by atoms with E-state index in [1.54, 1.807) is 18.2 Å².